The molecular weight excluding hydrogens is 773 g/mol. The van der Waals surface area contributed by atoms with Crippen molar-refractivity contribution in [2.75, 3.05) is 54.6 Å². The molecule has 16 N–H and O–H groups in total. The minimum absolute atomic E-state index is 0.0658. The third-order valence-electron chi connectivity index (χ3n) is 10.3. The third-order valence-corrected chi connectivity index (χ3v) is 10.3. The summed E-state index contributed by atoms with van der Waals surface area (Å²) in [6.45, 7) is 4.10. The van der Waals surface area contributed by atoms with E-state index in [0.717, 1.165) is 90.6 Å². The summed E-state index contributed by atoms with van der Waals surface area (Å²) in [4.78, 5) is 0. The lowest BCUT2D eigenvalue weighted by Crippen LogP contribution is -2.31. The maximum Gasteiger partial charge on any atom is 0.185 e. The first-order valence-electron chi connectivity index (χ1n) is 20.3. The summed E-state index contributed by atoms with van der Waals surface area (Å²) < 4.78 is 24.4. The minimum atomic E-state index is -0.0935. The fourth-order valence-electron chi connectivity index (χ4n) is 7.73. The number of benzene rings is 4. The average Bonchev–Trinajstić information content (AvgIpc) is 3.20. The Morgan fingerprint density at radius 3 is 1.03 bits per heavy atom. The van der Waals surface area contributed by atoms with Gasteiger partial charge in [-0.05, 0) is 99.4 Å². The summed E-state index contributed by atoms with van der Waals surface area (Å²) >= 11 is 0. The van der Waals surface area contributed by atoms with E-state index in [4.69, 9.17) is 63.5 Å². The van der Waals surface area contributed by atoms with Crippen molar-refractivity contribution in [2.24, 2.45) is 22.9 Å². The molecule has 0 aliphatic carbocycles. The second-order valence-electron chi connectivity index (χ2n) is 14.7. The first-order chi connectivity index (χ1) is 29.3. The highest BCUT2D eigenvalue weighted by Gasteiger charge is 2.21. The van der Waals surface area contributed by atoms with E-state index in [1.807, 2.05) is 12.1 Å². The molecule has 0 aliphatic heterocycles. The molecule has 0 spiro atoms. The van der Waals surface area contributed by atoms with Gasteiger partial charge in [0, 0.05) is 45.4 Å². The fraction of sp³-hybridized carbons (Fsp3) is 0.378. The Bertz CT molecular complexity index is 2170. The van der Waals surface area contributed by atoms with Crippen molar-refractivity contribution in [1.29, 1.82) is 21.6 Å². The van der Waals surface area contributed by atoms with Gasteiger partial charge >= 0.3 is 0 Å². The Kier molecular flexibility index (Phi) is 17.7. The maximum absolute atomic E-state index is 7.75. The monoisotopic (exact) mass is 837 g/mol. The molecule has 4 rings (SSSR count). The second-order valence-corrected chi connectivity index (χ2v) is 14.7. The summed E-state index contributed by atoms with van der Waals surface area (Å²) in [7, 11) is 6.73. The van der Waals surface area contributed by atoms with Crippen LogP contribution < -0.4 is 63.1 Å². The van der Waals surface area contributed by atoms with Gasteiger partial charge in [-0.3, -0.25) is 21.6 Å². The van der Waals surface area contributed by atoms with Gasteiger partial charge in [0.05, 0.1) is 28.4 Å². The Morgan fingerprint density at radius 1 is 0.426 bits per heavy atom. The Hall–Kier alpha value is -6.84. The summed E-state index contributed by atoms with van der Waals surface area (Å²) in [5, 5.41) is 42.3. The molecule has 0 bridgehead atoms. The molecule has 0 saturated carbocycles. The van der Waals surface area contributed by atoms with Gasteiger partial charge in [0.1, 0.15) is 23.0 Å². The molecule has 4 aromatic rings. The molecule has 0 unspecified atom stereocenters. The molecule has 328 valence electrons. The van der Waals surface area contributed by atoms with Crippen LogP contribution >= 0.6 is 0 Å². The largest absolute Gasteiger partial charge is 0.496 e. The minimum Gasteiger partial charge on any atom is -0.496 e. The summed E-state index contributed by atoms with van der Waals surface area (Å²) in [5.74, 6) is 2.73. The second kappa shape index (κ2) is 23.1. The van der Waals surface area contributed by atoms with Gasteiger partial charge in [0.15, 0.2) is 23.8 Å². The van der Waals surface area contributed by atoms with Crippen LogP contribution in [0.2, 0.25) is 0 Å². The topological polar surface area (TPSA) is 285 Å². The van der Waals surface area contributed by atoms with E-state index in [0.29, 0.717) is 71.1 Å². The molecule has 61 heavy (non-hydrogen) atoms. The Labute approximate surface area is 359 Å². The SMILES string of the molecule is CCc1cc(CCNC(=N)N)cc(Cc2cc(CCNC(=N)N)cc(Cc3cc(CCNC(=N)N)cc(Cc4cc(CCNC(=N)N)ccc4OC)c3OC)c2OC)c1OC. The van der Waals surface area contributed by atoms with Gasteiger partial charge in [-0.1, -0.05) is 55.5 Å². The highest BCUT2D eigenvalue weighted by molar-refractivity contribution is 5.75. The molecule has 16 nitrogen and oxygen atoms in total. The lowest BCUT2D eigenvalue weighted by molar-refractivity contribution is 0.398. The standard InChI is InChI=1S/C45H64N12O4/c1-6-31-18-28(10-14-55-43(48)49)19-34(39(31)59-3)25-35-22-30(12-16-57-45(52)53)23-37(41(35)61-5)26-36-21-29(11-15-56-44(50)51)20-33(40(36)60-4)24-32-17-27(7-8-38(32)58-2)9-13-54-42(46)47/h7-8,17-23H,6,9-16,24-26H2,1-5H3,(H4,46,47,54)(H4,48,49,55)(H4,50,51,56)(H4,52,53,57). The van der Waals surface area contributed by atoms with Crippen molar-refractivity contribution in [3.63, 3.8) is 0 Å². The van der Waals surface area contributed by atoms with Gasteiger partial charge in [-0.2, -0.15) is 0 Å². The zero-order valence-corrected chi connectivity index (χ0v) is 36.1. The van der Waals surface area contributed by atoms with E-state index in [1.54, 1.807) is 28.4 Å². The molecule has 0 heterocycles. The zero-order chi connectivity index (χ0) is 44.5. The van der Waals surface area contributed by atoms with Gasteiger partial charge < -0.3 is 63.1 Å². The van der Waals surface area contributed by atoms with Crippen LogP contribution in [0.4, 0.5) is 0 Å². The first kappa shape index (κ1) is 46.8. The Balaban J connectivity index is 1.87. The van der Waals surface area contributed by atoms with Crippen molar-refractivity contribution in [3.05, 3.63) is 116 Å². The molecule has 0 aromatic heterocycles. The van der Waals surface area contributed by atoms with Crippen LogP contribution in [0.15, 0.2) is 54.6 Å². The number of hydrogen-bond acceptors (Lipinski definition) is 8. The van der Waals surface area contributed by atoms with Gasteiger partial charge in [-0.15, -0.1) is 0 Å². The highest BCUT2D eigenvalue weighted by atomic mass is 16.5. The van der Waals surface area contributed by atoms with E-state index in [9.17, 15) is 0 Å². The van der Waals surface area contributed by atoms with Crippen LogP contribution in [0, 0.1) is 21.6 Å². The van der Waals surface area contributed by atoms with E-state index in [2.05, 4.69) is 70.7 Å². The fourth-order valence-corrected chi connectivity index (χ4v) is 7.73. The molecule has 0 atom stereocenters. The molecule has 0 amide bonds. The normalized spacial score (nSPS) is 10.7. The van der Waals surface area contributed by atoms with E-state index in [1.165, 1.54) is 0 Å². The summed E-state index contributed by atoms with van der Waals surface area (Å²) in [5.41, 5.74) is 33.6. The molecule has 0 radical (unpaired) electrons. The number of guanidine groups is 4. The Morgan fingerprint density at radius 2 is 0.721 bits per heavy atom. The lowest BCUT2D eigenvalue weighted by atomic mass is 9.89. The van der Waals surface area contributed by atoms with Crippen LogP contribution in [0.5, 0.6) is 23.0 Å². The average molecular weight is 837 g/mol. The van der Waals surface area contributed by atoms with Gasteiger partial charge in [0.2, 0.25) is 0 Å². The molecule has 0 saturated heterocycles. The predicted octanol–water partition coefficient (Wildman–Crippen LogP) is 3.16. The number of methoxy groups -OCH3 is 4. The van der Waals surface area contributed by atoms with Crippen LogP contribution in [0.3, 0.4) is 0 Å². The van der Waals surface area contributed by atoms with Gasteiger partial charge in [-0.25, -0.2) is 0 Å². The summed E-state index contributed by atoms with van der Waals surface area (Å²) in [6, 6.07) is 19.0. The van der Waals surface area contributed by atoms with E-state index < -0.39 is 0 Å². The number of aryl methyl sites for hydroxylation is 1. The molecule has 4 aromatic carbocycles. The number of rotatable bonds is 23. The maximum atomic E-state index is 7.75. The summed E-state index contributed by atoms with van der Waals surface area (Å²) in [6.07, 6.45) is 4.83. The predicted molar refractivity (Wildman–Crippen MR) is 244 cm³/mol. The van der Waals surface area contributed by atoms with E-state index >= 15 is 0 Å². The first-order valence-corrected chi connectivity index (χ1v) is 20.3. The van der Waals surface area contributed by atoms with Crippen LogP contribution in [-0.4, -0.2) is 78.5 Å². The molecule has 16 heteroatoms. The van der Waals surface area contributed by atoms with Crippen molar-refractivity contribution >= 4 is 23.8 Å². The van der Waals surface area contributed by atoms with Crippen LogP contribution in [0.25, 0.3) is 0 Å². The molecule has 0 aliphatic rings. The van der Waals surface area contributed by atoms with Crippen molar-refractivity contribution in [1.82, 2.24) is 21.3 Å². The smallest absolute Gasteiger partial charge is 0.185 e. The van der Waals surface area contributed by atoms with E-state index in [-0.39, 0.29) is 23.8 Å². The third kappa shape index (κ3) is 13.9. The number of nitrogens with one attached hydrogen (secondary N) is 8. The highest BCUT2D eigenvalue weighted by Crippen LogP contribution is 2.38. The van der Waals surface area contributed by atoms with Crippen molar-refractivity contribution in [3.8, 4) is 23.0 Å². The molecular formula is C45H64N12O4. The van der Waals surface area contributed by atoms with Gasteiger partial charge in [0.25, 0.3) is 0 Å². The lowest BCUT2D eigenvalue weighted by Gasteiger charge is -2.21. The molecule has 0 fully saturated rings. The van der Waals surface area contributed by atoms with Crippen molar-refractivity contribution < 1.29 is 18.9 Å². The van der Waals surface area contributed by atoms with Crippen LogP contribution in [0.1, 0.15) is 68.1 Å². The number of ether oxygens (including phenoxy) is 4. The number of hydrogen-bond donors (Lipinski definition) is 12. The quantitative estimate of drug-likeness (QED) is 0.0379. The van der Waals surface area contributed by atoms with Crippen LogP contribution in [-0.2, 0) is 51.4 Å². The zero-order valence-electron chi connectivity index (χ0n) is 36.1. The van der Waals surface area contributed by atoms with Crippen molar-refractivity contribution in [2.45, 2.75) is 58.3 Å². The number of nitrogens with two attached hydrogens (primary N) is 4.